The van der Waals surface area contributed by atoms with E-state index < -0.39 is 5.92 Å². The van der Waals surface area contributed by atoms with Crippen LogP contribution in [0.4, 0.5) is 5.13 Å². The zero-order chi connectivity index (χ0) is 18.6. The predicted octanol–water partition coefficient (Wildman–Crippen LogP) is 3.99. The van der Waals surface area contributed by atoms with Crippen LogP contribution in [0, 0.1) is 0 Å². The minimum Gasteiger partial charge on any atom is -0.457 e. The van der Waals surface area contributed by atoms with Crippen LogP contribution in [0.2, 0.25) is 0 Å². The minimum atomic E-state index is -0.457. The molecule has 4 rings (SSSR count). The van der Waals surface area contributed by atoms with Crippen LogP contribution in [0.5, 0.6) is 11.5 Å². The summed E-state index contributed by atoms with van der Waals surface area (Å²) in [5.41, 5.74) is 1.68. The van der Waals surface area contributed by atoms with Gasteiger partial charge in [-0.15, -0.1) is 10.2 Å². The summed E-state index contributed by atoms with van der Waals surface area (Å²) in [6.45, 7) is 3.22. The Morgan fingerprint density at radius 2 is 1.78 bits per heavy atom. The van der Waals surface area contributed by atoms with Crippen LogP contribution in [0.1, 0.15) is 29.0 Å². The van der Waals surface area contributed by atoms with E-state index in [9.17, 15) is 4.79 Å². The number of hydrogen-bond acceptors (Lipinski definition) is 6. The molecule has 1 aliphatic heterocycles. The molecule has 0 aliphatic carbocycles. The van der Waals surface area contributed by atoms with Gasteiger partial charge in [-0.3, -0.25) is 10.1 Å². The fourth-order valence-electron chi connectivity index (χ4n) is 3.08. The first-order valence-corrected chi connectivity index (χ1v) is 9.64. The highest BCUT2D eigenvalue weighted by molar-refractivity contribution is 7.15. The summed E-state index contributed by atoms with van der Waals surface area (Å²) in [6.07, 6.45) is 0.685. The molecular weight excluding hydrogens is 362 g/mol. The summed E-state index contributed by atoms with van der Waals surface area (Å²) in [7, 11) is 0. The first-order valence-electron chi connectivity index (χ1n) is 8.83. The topological polar surface area (TPSA) is 73.3 Å². The van der Waals surface area contributed by atoms with Gasteiger partial charge in [-0.1, -0.05) is 47.7 Å². The van der Waals surface area contributed by atoms with Gasteiger partial charge in [0.2, 0.25) is 11.0 Å². The van der Waals surface area contributed by atoms with Crippen LogP contribution in [0.25, 0.3) is 0 Å². The molecule has 2 heterocycles. The van der Waals surface area contributed by atoms with E-state index >= 15 is 0 Å². The van der Waals surface area contributed by atoms with Crippen molar-refractivity contribution in [2.75, 3.05) is 18.5 Å². The number of hydrogen-bond donors (Lipinski definition) is 1. The van der Waals surface area contributed by atoms with Gasteiger partial charge in [0.15, 0.2) is 0 Å². The molecule has 0 fully saturated rings. The third-order valence-corrected chi connectivity index (χ3v) is 5.20. The first kappa shape index (κ1) is 17.6. The molecule has 27 heavy (non-hydrogen) atoms. The number of nitrogens with one attached hydrogen (secondary N) is 1. The summed E-state index contributed by atoms with van der Waals surface area (Å²) in [6, 6.07) is 15.2. The van der Waals surface area contributed by atoms with Crippen molar-refractivity contribution in [2.45, 2.75) is 19.3 Å². The van der Waals surface area contributed by atoms with E-state index in [1.165, 1.54) is 11.3 Å². The molecule has 0 radical (unpaired) electrons. The molecule has 1 N–H and O–H groups in total. The fourth-order valence-corrected chi connectivity index (χ4v) is 3.80. The lowest BCUT2D eigenvalue weighted by molar-refractivity contribution is -0.116. The molecule has 0 saturated carbocycles. The lowest BCUT2D eigenvalue weighted by Gasteiger charge is -2.27. The van der Waals surface area contributed by atoms with Crippen LogP contribution in [-0.2, 0) is 16.0 Å². The number of aromatic nitrogens is 2. The molecule has 3 aromatic rings. The number of anilines is 1. The van der Waals surface area contributed by atoms with Gasteiger partial charge in [0.1, 0.15) is 16.5 Å². The number of carbonyl (C=O) groups excluding carboxylic acids is 1. The summed E-state index contributed by atoms with van der Waals surface area (Å²) in [4.78, 5) is 13.1. The van der Waals surface area contributed by atoms with Crippen molar-refractivity contribution in [3.63, 3.8) is 0 Å². The van der Waals surface area contributed by atoms with E-state index in [4.69, 9.17) is 9.47 Å². The van der Waals surface area contributed by atoms with Gasteiger partial charge < -0.3 is 9.47 Å². The molecule has 0 saturated heterocycles. The van der Waals surface area contributed by atoms with E-state index in [1.807, 2.05) is 55.5 Å². The summed E-state index contributed by atoms with van der Waals surface area (Å²) < 4.78 is 11.3. The van der Waals surface area contributed by atoms with Gasteiger partial charge in [0, 0.05) is 24.2 Å². The van der Waals surface area contributed by atoms with Crippen LogP contribution in [-0.4, -0.2) is 29.3 Å². The Morgan fingerprint density at radius 3 is 2.44 bits per heavy atom. The second kappa shape index (κ2) is 7.85. The molecule has 0 atom stereocenters. The number of benzene rings is 2. The number of carbonyl (C=O) groups is 1. The lowest BCUT2D eigenvalue weighted by atomic mass is 9.87. The van der Waals surface area contributed by atoms with Crippen LogP contribution in [0.15, 0.2) is 48.5 Å². The summed E-state index contributed by atoms with van der Waals surface area (Å²) in [5, 5.41) is 12.5. The Hall–Kier alpha value is -2.77. The molecule has 6 nitrogen and oxygen atoms in total. The van der Waals surface area contributed by atoms with Crippen LogP contribution >= 0.6 is 11.3 Å². The van der Waals surface area contributed by atoms with Crippen LogP contribution in [0.3, 0.4) is 0 Å². The maximum absolute atomic E-state index is 13.1. The third kappa shape index (κ3) is 3.70. The Kier molecular flexibility index (Phi) is 5.13. The maximum atomic E-state index is 13.1. The highest BCUT2D eigenvalue weighted by Crippen LogP contribution is 2.44. The van der Waals surface area contributed by atoms with Crippen molar-refractivity contribution in [3.05, 3.63) is 64.7 Å². The number of rotatable bonds is 6. The van der Waals surface area contributed by atoms with E-state index in [2.05, 4.69) is 15.5 Å². The van der Waals surface area contributed by atoms with Gasteiger partial charge in [-0.05, 0) is 19.1 Å². The average molecular weight is 381 g/mol. The quantitative estimate of drug-likeness (QED) is 0.654. The fraction of sp³-hybridized carbons (Fsp3) is 0.250. The molecule has 1 aliphatic rings. The Labute approximate surface area is 161 Å². The SMILES string of the molecule is CCOCCc1nnc(NC(=O)C2c3ccccc3Oc3ccccc32)s1. The predicted molar refractivity (Wildman–Crippen MR) is 104 cm³/mol. The molecule has 1 amide bonds. The smallest absolute Gasteiger partial charge is 0.238 e. The molecule has 2 aromatic carbocycles. The average Bonchev–Trinajstić information content (AvgIpc) is 3.13. The van der Waals surface area contributed by atoms with Gasteiger partial charge in [0.25, 0.3) is 0 Å². The molecule has 0 bridgehead atoms. The van der Waals surface area contributed by atoms with Crippen molar-refractivity contribution in [2.24, 2.45) is 0 Å². The number of para-hydroxylation sites is 2. The Bertz CT molecular complexity index is 911. The van der Waals surface area contributed by atoms with Crippen molar-refractivity contribution in [3.8, 4) is 11.5 Å². The number of amides is 1. The van der Waals surface area contributed by atoms with Gasteiger partial charge in [0.05, 0.1) is 12.5 Å². The molecule has 0 unspecified atom stereocenters. The highest BCUT2D eigenvalue weighted by Gasteiger charge is 2.32. The zero-order valence-corrected chi connectivity index (χ0v) is 15.7. The highest BCUT2D eigenvalue weighted by atomic mass is 32.1. The van der Waals surface area contributed by atoms with Crippen LogP contribution < -0.4 is 10.1 Å². The van der Waals surface area contributed by atoms with Gasteiger partial charge >= 0.3 is 0 Å². The van der Waals surface area contributed by atoms with E-state index in [0.29, 0.717) is 36.3 Å². The minimum absolute atomic E-state index is 0.147. The standard InChI is InChI=1S/C20H19N3O3S/c1-2-25-12-11-17-22-23-20(27-17)21-19(24)18-13-7-3-5-9-15(13)26-16-10-6-4-8-14(16)18/h3-10,18H,2,11-12H2,1H3,(H,21,23,24). The number of fused-ring (bicyclic) bond motifs is 2. The third-order valence-electron chi connectivity index (χ3n) is 4.30. The molecule has 0 spiro atoms. The summed E-state index contributed by atoms with van der Waals surface area (Å²) in [5.74, 6) is 0.796. The normalized spacial score (nSPS) is 12.8. The number of ether oxygens (including phenoxy) is 2. The molecule has 138 valence electrons. The lowest BCUT2D eigenvalue weighted by Crippen LogP contribution is -2.25. The van der Waals surface area contributed by atoms with Crippen molar-refractivity contribution in [1.82, 2.24) is 10.2 Å². The van der Waals surface area contributed by atoms with Crippen molar-refractivity contribution < 1.29 is 14.3 Å². The van der Waals surface area contributed by atoms with E-state index in [-0.39, 0.29) is 5.91 Å². The Balaban J connectivity index is 1.57. The summed E-state index contributed by atoms with van der Waals surface area (Å²) >= 11 is 1.37. The monoisotopic (exact) mass is 381 g/mol. The van der Waals surface area contributed by atoms with Gasteiger partial charge in [-0.2, -0.15) is 0 Å². The molecule has 1 aromatic heterocycles. The van der Waals surface area contributed by atoms with Crippen molar-refractivity contribution in [1.29, 1.82) is 0 Å². The zero-order valence-electron chi connectivity index (χ0n) is 14.8. The van der Waals surface area contributed by atoms with E-state index in [1.54, 1.807) is 0 Å². The second-order valence-corrected chi connectivity index (χ2v) is 7.11. The van der Waals surface area contributed by atoms with Gasteiger partial charge in [-0.25, -0.2) is 0 Å². The largest absolute Gasteiger partial charge is 0.457 e. The first-order chi connectivity index (χ1) is 13.3. The molecular formula is C20H19N3O3S. The number of nitrogens with zero attached hydrogens (tertiary/aromatic N) is 2. The van der Waals surface area contributed by atoms with E-state index in [0.717, 1.165) is 16.1 Å². The Morgan fingerprint density at radius 1 is 1.11 bits per heavy atom. The van der Waals surface area contributed by atoms with Crippen molar-refractivity contribution >= 4 is 22.4 Å². The maximum Gasteiger partial charge on any atom is 0.238 e. The second-order valence-electron chi connectivity index (χ2n) is 6.05. The molecule has 7 heteroatoms.